The van der Waals surface area contributed by atoms with Crippen molar-refractivity contribution in [3.05, 3.63) is 11.7 Å². The first kappa shape index (κ1) is 11.0. The van der Waals surface area contributed by atoms with Crippen LogP contribution >= 0.6 is 0 Å². The van der Waals surface area contributed by atoms with Gasteiger partial charge in [-0.3, -0.25) is 0 Å². The van der Waals surface area contributed by atoms with Crippen LogP contribution in [0.25, 0.3) is 0 Å². The molecule has 0 spiro atoms. The lowest BCUT2D eigenvalue weighted by molar-refractivity contribution is 0.351. The minimum atomic E-state index is 0.461. The number of nitrogens with one attached hydrogen (secondary N) is 1. The van der Waals surface area contributed by atoms with E-state index in [4.69, 9.17) is 4.52 Å². The molecule has 18 heavy (non-hydrogen) atoms. The highest BCUT2D eigenvalue weighted by atomic mass is 16.5. The first-order chi connectivity index (χ1) is 8.74. The van der Waals surface area contributed by atoms with Gasteiger partial charge in [-0.2, -0.15) is 4.98 Å². The summed E-state index contributed by atoms with van der Waals surface area (Å²) in [5.74, 6) is 6.04. The molecule has 3 aliphatic rings. The van der Waals surface area contributed by atoms with E-state index >= 15 is 0 Å². The second-order valence-electron chi connectivity index (χ2n) is 6.60. The Morgan fingerprint density at radius 2 is 2.00 bits per heavy atom. The zero-order valence-electron chi connectivity index (χ0n) is 11.1. The van der Waals surface area contributed by atoms with Crippen LogP contribution in [-0.4, -0.2) is 16.2 Å². The molecular formula is C14H21N3O. The first-order valence-corrected chi connectivity index (χ1v) is 7.30. The van der Waals surface area contributed by atoms with E-state index in [2.05, 4.69) is 29.3 Å². The maximum Gasteiger partial charge on any atom is 0.230 e. The molecule has 4 unspecified atom stereocenters. The Kier molecular flexibility index (Phi) is 2.31. The summed E-state index contributed by atoms with van der Waals surface area (Å²) in [7, 11) is 0. The lowest BCUT2D eigenvalue weighted by Gasteiger charge is -2.04. The quantitative estimate of drug-likeness (QED) is 0.887. The van der Waals surface area contributed by atoms with Crippen molar-refractivity contribution in [1.82, 2.24) is 15.5 Å². The molecule has 4 atom stereocenters. The van der Waals surface area contributed by atoms with Gasteiger partial charge < -0.3 is 9.84 Å². The van der Waals surface area contributed by atoms with Crippen molar-refractivity contribution in [1.29, 1.82) is 0 Å². The molecule has 1 heterocycles. The third-order valence-corrected chi connectivity index (χ3v) is 5.17. The van der Waals surface area contributed by atoms with E-state index in [0.29, 0.717) is 12.0 Å². The zero-order valence-corrected chi connectivity index (χ0v) is 11.1. The Hall–Kier alpha value is -0.900. The third kappa shape index (κ3) is 1.54. The number of hydrogen-bond donors (Lipinski definition) is 1. The van der Waals surface area contributed by atoms with Gasteiger partial charge in [0.1, 0.15) is 0 Å². The van der Waals surface area contributed by atoms with E-state index in [1.165, 1.54) is 19.3 Å². The van der Waals surface area contributed by atoms with Gasteiger partial charge >= 0.3 is 0 Å². The lowest BCUT2D eigenvalue weighted by Crippen LogP contribution is -2.22. The predicted octanol–water partition coefficient (Wildman–Crippen LogP) is 2.33. The van der Waals surface area contributed by atoms with Crippen molar-refractivity contribution in [3.63, 3.8) is 0 Å². The van der Waals surface area contributed by atoms with Crippen LogP contribution in [0.3, 0.4) is 0 Å². The van der Waals surface area contributed by atoms with E-state index in [-0.39, 0.29) is 0 Å². The monoisotopic (exact) mass is 247 g/mol. The van der Waals surface area contributed by atoms with Gasteiger partial charge in [0.05, 0.1) is 6.54 Å². The standard InChI is InChI=1S/C14H21N3O/c1-7(2)15-6-10-16-14(18-17-10)13-11-8-3-4-9(5-8)12(11)13/h7-9,11-13,15H,3-6H2,1-2H3. The molecule has 4 heteroatoms. The Bertz CT molecular complexity index is 440. The predicted molar refractivity (Wildman–Crippen MR) is 66.8 cm³/mol. The van der Waals surface area contributed by atoms with Crippen LogP contribution in [0.5, 0.6) is 0 Å². The first-order valence-electron chi connectivity index (χ1n) is 7.30. The zero-order chi connectivity index (χ0) is 12.3. The Labute approximate surface area is 108 Å². The van der Waals surface area contributed by atoms with Crippen LogP contribution in [0, 0.1) is 23.7 Å². The highest BCUT2D eigenvalue weighted by molar-refractivity contribution is 5.22. The molecule has 0 amide bonds. The maximum absolute atomic E-state index is 5.48. The molecule has 0 aliphatic heterocycles. The number of fused-ring (bicyclic) bond motifs is 5. The summed E-state index contributed by atoms with van der Waals surface area (Å²) in [6.45, 7) is 4.98. The minimum Gasteiger partial charge on any atom is -0.339 e. The average Bonchev–Trinajstić information content (AvgIpc) is 2.77. The van der Waals surface area contributed by atoms with Crippen molar-refractivity contribution < 1.29 is 4.52 Å². The van der Waals surface area contributed by atoms with E-state index < -0.39 is 0 Å². The SMILES string of the molecule is CC(C)NCc1noc(C2C3C4CCC(C4)C23)n1. The van der Waals surface area contributed by atoms with Gasteiger partial charge in [-0.05, 0) is 42.9 Å². The highest BCUT2D eigenvalue weighted by Gasteiger charge is 2.67. The van der Waals surface area contributed by atoms with Gasteiger partial charge in [-0.15, -0.1) is 0 Å². The summed E-state index contributed by atoms with van der Waals surface area (Å²) >= 11 is 0. The minimum absolute atomic E-state index is 0.461. The van der Waals surface area contributed by atoms with E-state index in [0.717, 1.165) is 41.9 Å². The van der Waals surface area contributed by atoms with Gasteiger partial charge in [-0.1, -0.05) is 19.0 Å². The van der Waals surface area contributed by atoms with Crippen molar-refractivity contribution in [2.75, 3.05) is 0 Å². The molecule has 2 bridgehead atoms. The number of rotatable bonds is 4. The molecule has 4 nitrogen and oxygen atoms in total. The highest BCUT2D eigenvalue weighted by Crippen LogP contribution is 2.72. The van der Waals surface area contributed by atoms with Crippen LogP contribution in [0.15, 0.2) is 4.52 Å². The van der Waals surface area contributed by atoms with Gasteiger partial charge in [0.15, 0.2) is 5.82 Å². The molecule has 3 fully saturated rings. The Balaban J connectivity index is 1.44. The average molecular weight is 247 g/mol. The van der Waals surface area contributed by atoms with Gasteiger partial charge in [0.25, 0.3) is 0 Å². The fraction of sp³-hybridized carbons (Fsp3) is 0.857. The van der Waals surface area contributed by atoms with Crippen molar-refractivity contribution in [3.8, 4) is 0 Å². The summed E-state index contributed by atoms with van der Waals surface area (Å²) < 4.78 is 5.48. The van der Waals surface area contributed by atoms with E-state index in [1.54, 1.807) is 0 Å². The van der Waals surface area contributed by atoms with Crippen molar-refractivity contribution >= 4 is 0 Å². The second-order valence-corrected chi connectivity index (χ2v) is 6.60. The van der Waals surface area contributed by atoms with Crippen LogP contribution in [0.2, 0.25) is 0 Å². The molecule has 1 N–H and O–H groups in total. The van der Waals surface area contributed by atoms with Gasteiger partial charge in [0.2, 0.25) is 5.89 Å². The molecule has 3 aliphatic carbocycles. The largest absolute Gasteiger partial charge is 0.339 e. The molecule has 4 rings (SSSR count). The molecule has 98 valence electrons. The number of hydrogen-bond acceptors (Lipinski definition) is 4. The lowest BCUT2D eigenvalue weighted by atomic mass is 10.0. The summed E-state index contributed by atoms with van der Waals surface area (Å²) in [4.78, 5) is 4.58. The third-order valence-electron chi connectivity index (χ3n) is 5.17. The number of aromatic nitrogens is 2. The second kappa shape index (κ2) is 3.80. The molecule has 3 saturated carbocycles. The van der Waals surface area contributed by atoms with Crippen LogP contribution in [0.4, 0.5) is 0 Å². The van der Waals surface area contributed by atoms with E-state index in [1.807, 2.05) is 0 Å². The summed E-state index contributed by atoms with van der Waals surface area (Å²) in [5.41, 5.74) is 0. The molecule has 0 saturated heterocycles. The Morgan fingerprint density at radius 1 is 1.28 bits per heavy atom. The fourth-order valence-corrected chi connectivity index (χ4v) is 4.43. The van der Waals surface area contributed by atoms with Crippen LogP contribution in [0.1, 0.15) is 50.7 Å². The van der Waals surface area contributed by atoms with Gasteiger partial charge in [0, 0.05) is 12.0 Å². The van der Waals surface area contributed by atoms with Crippen molar-refractivity contribution in [2.45, 2.75) is 51.6 Å². The van der Waals surface area contributed by atoms with Crippen molar-refractivity contribution in [2.24, 2.45) is 23.7 Å². The molecule has 1 aromatic rings. The normalized spacial score (nSPS) is 40.5. The summed E-state index contributed by atoms with van der Waals surface area (Å²) in [6, 6.07) is 0.461. The smallest absolute Gasteiger partial charge is 0.230 e. The van der Waals surface area contributed by atoms with Gasteiger partial charge in [-0.25, -0.2) is 0 Å². The van der Waals surface area contributed by atoms with Crippen LogP contribution < -0.4 is 5.32 Å². The molecule has 0 radical (unpaired) electrons. The topological polar surface area (TPSA) is 51.0 Å². The summed E-state index contributed by atoms with van der Waals surface area (Å²) in [6.07, 6.45) is 4.36. The molecular weight excluding hydrogens is 226 g/mol. The van der Waals surface area contributed by atoms with Crippen LogP contribution in [-0.2, 0) is 6.54 Å². The molecule has 0 aromatic carbocycles. The Morgan fingerprint density at radius 3 is 2.67 bits per heavy atom. The van der Waals surface area contributed by atoms with E-state index in [9.17, 15) is 0 Å². The maximum atomic E-state index is 5.48. The fourth-order valence-electron chi connectivity index (χ4n) is 4.43. The molecule has 1 aromatic heterocycles. The summed E-state index contributed by atoms with van der Waals surface area (Å²) in [5, 5.41) is 7.43. The number of nitrogens with zero attached hydrogens (tertiary/aromatic N) is 2.